The SMILES string of the molecule is COc1ccc(C(=O)NN(C(=O)C(C)C)C2CC(=O)N(c3ccc(F)cc3)C2=O)cc1OC. The van der Waals surface area contributed by atoms with Gasteiger partial charge in [0, 0.05) is 11.5 Å². The number of carbonyl (C=O) groups is 4. The first-order valence-electron chi connectivity index (χ1n) is 10.2. The van der Waals surface area contributed by atoms with Gasteiger partial charge >= 0.3 is 0 Å². The Morgan fingerprint density at radius 2 is 1.70 bits per heavy atom. The van der Waals surface area contributed by atoms with Crippen LogP contribution in [0.2, 0.25) is 0 Å². The van der Waals surface area contributed by atoms with E-state index in [2.05, 4.69) is 5.43 Å². The van der Waals surface area contributed by atoms with E-state index in [0.29, 0.717) is 11.5 Å². The summed E-state index contributed by atoms with van der Waals surface area (Å²) in [6.45, 7) is 3.22. The molecule has 4 amide bonds. The summed E-state index contributed by atoms with van der Waals surface area (Å²) in [5.41, 5.74) is 2.80. The first kappa shape index (κ1) is 23.7. The molecule has 0 spiro atoms. The van der Waals surface area contributed by atoms with Crippen LogP contribution in [0.15, 0.2) is 42.5 Å². The number of halogens is 1. The fourth-order valence-corrected chi connectivity index (χ4v) is 3.40. The fraction of sp³-hybridized carbons (Fsp3) is 0.304. The first-order valence-corrected chi connectivity index (χ1v) is 10.2. The van der Waals surface area contributed by atoms with Crippen LogP contribution in [0, 0.1) is 11.7 Å². The summed E-state index contributed by atoms with van der Waals surface area (Å²) >= 11 is 0. The van der Waals surface area contributed by atoms with Crippen molar-refractivity contribution in [3.05, 3.63) is 53.8 Å². The number of amides is 4. The quantitative estimate of drug-likeness (QED) is 0.527. The van der Waals surface area contributed by atoms with Gasteiger partial charge in [0.2, 0.25) is 11.8 Å². The number of nitrogens with zero attached hydrogens (tertiary/aromatic N) is 2. The number of nitrogens with one attached hydrogen (secondary N) is 1. The molecule has 0 aliphatic carbocycles. The lowest BCUT2D eigenvalue weighted by Crippen LogP contribution is -2.55. The Morgan fingerprint density at radius 3 is 2.27 bits per heavy atom. The van der Waals surface area contributed by atoms with E-state index >= 15 is 0 Å². The van der Waals surface area contributed by atoms with E-state index in [1.807, 2.05) is 0 Å². The maximum absolute atomic E-state index is 13.3. The van der Waals surface area contributed by atoms with Gasteiger partial charge in [-0.05, 0) is 42.5 Å². The van der Waals surface area contributed by atoms with Gasteiger partial charge in [-0.1, -0.05) is 13.8 Å². The minimum atomic E-state index is -1.25. The number of benzene rings is 2. The molecule has 9 nitrogen and oxygen atoms in total. The molecular weight excluding hydrogens is 433 g/mol. The molecule has 3 rings (SSSR count). The third kappa shape index (κ3) is 4.79. The van der Waals surface area contributed by atoms with Crippen molar-refractivity contribution in [3.63, 3.8) is 0 Å². The van der Waals surface area contributed by atoms with Crippen molar-refractivity contribution in [2.75, 3.05) is 19.1 Å². The molecule has 1 unspecified atom stereocenters. The van der Waals surface area contributed by atoms with Crippen molar-refractivity contribution in [2.24, 2.45) is 5.92 Å². The van der Waals surface area contributed by atoms with Gasteiger partial charge in [-0.25, -0.2) is 14.3 Å². The minimum Gasteiger partial charge on any atom is -0.493 e. The van der Waals surface area contributed by atoms with Gasteiger partial charge in [0.1, 0.15) is 11.9 Å². The Balaban J connectivity index is 1.90. The summed E-state index contributed by atoms with van der Waals surface area (Å²) in [6, 6.07) is 8.02. The molecule has 174 valence electrons. The van der Waals surface area contributed by atoms with Crippen LogP contribution in [0.3, 0.4) is 0 Å². The summed E-state index contributed by atoms with van der Waals surface area (Å²) in [6.07, 6.45) is -0.332. The minimum absolute atomic E-state index is 0.154. The molecule has 0 saturated carbocycles. The monoisotopic (exact) mass is 457 g/mol. The molecule has 1 heterocycles. The van der Waals surface area contributed by atoms with Gasteiger partial charge < -0.3 is 9.47 Å². The van der Waals surface area contributed by atoms with Gasteiger partial charge in [-0.15, -0.1) is 0 Å². The first-order chi connectivity index (χ1) is 15.7. The number of carbonyl (C=O) groups excluding carboxylic acids is 4. The van der Waals surface area contributed by atoms with E-state index in [4.69, 9.17) is 9.47 Å². The number of ether oxygens (including phenoxy) is 2. The predicted octanol–water partition coefficient (Wildman–Crippen LogP) is 2.30. The summed E-state index contributed by atoms with van der Waals surface area (Å²) in [4.78, 5) is 52.4. The second-order valence-corrected chi connectivity index (χ2v) is 7.64. The smallest absolute Gasteiger partial charge is 0.270 e. The molecule has 1 aliphatic heterocycles. The van der Waals surface area contributed by atoms with Crippen LogP contribution in [0.5, 0.6) is 11.5 Å². The Bertz CT molecular complexity index is 1090. The molecule has 1 N–H and O–H groups in total. The molecule has 0 bridgehead atoms. The standard InChI is InChI=1S/C23H24FN3O6/c1-13(2)22(30)27(25-21(29)14-5-10-18(32-3)19(11-14)33-4)17-12-20(28)26(23(17)31)16-8-6-15(24)7-9-16/h5-11,13,17H,12H2,1-4H3,(H,25,29). The van der Waals surface area contributed by atoms with E-state index in [-0.39, 0.29) is 17.7 Å². The molecule has 1 fully saturated rings. The molecule has 2 aromatic rings. The van der Waals surface area contributed by atoms with Crippen LogP contribution < -0.4 is 19.8 Å². The number of imide groups is 1. The maximum Gasteiger partial charge on any atom is 0.270 e. The molecule has 10 heteroatoms. The third-order valence-electron chi connectivity index (χ3n) is 5.12. The highest BCUT2D eigenvalue weighted by molar-refractivity contribution is 6.23. The molecule has 2 aromatic carbocycles. The Kier molecular flexibility index (Phi) is 6.95. The van der Waals surface area contributed by atoms with Gasteiger partial charge in [0.25, 0.3) is 11.8 Å². The van der Waals surface area contributed by atoms with E-state index in [0.717, 1.165) is 22.0 Å². The lowest BCUT2D eigenvalue weighted by atomic mass is 10.1. The van der Waals surface area contributed by atoms with Crippen molar-refractivity contribution in [2.45, 2.75) is 26.3 Å². The second-order valence-electron chi connectivity index (χ2n) is 7.64. The Morgan fingerprint density at radius 1 is 1.06 bits per heavy atom. The Hall–Kier alpha value is -3.95. The summed E-state index contributed by atoms with van der Waals surface area (Å²) in [7, 11) is 2.87. The van der Waals surface area contributed by atoms with Crippen molar-refractivity contribution < 1.29 is 33.0 Å². The maximum atomic E-state index is 13.3. The number of rotatable bonds is 6. The largest absolute Gasteiger partial charge is 0.493 e. The predicted molar refractivity (Wildman–Crippen MR) is 116 cm³/mol. The molecule has 33 heavy (non-hydrogen) atoms. The van der Waals surface area contributed by atoms with Crippen LogP contribution >= 0.6 is 0 Å². The van der Waals surface area contributed by atoms with Gasteiger partial charge in [0.15, 0.2) is 11.5 Å². The van der Waals surface area contributed by atoms with Gasteiger partial charge in [-0.3, -0.25) is 24.6 Å². The van der Waals surface area contributed by atoms with Crippen LogP contribution in [-0.4, -0.2) is 48.9 Å². The molecule has 0 radical (unpaired) electrons. The lowest BCUT2D eigenvalue weighted by Gasteiger charge is -2.29. The fourth-order valence-electron chi connectivity index (χ4n) is 3.40. The summed E-state index contributed by atoms with van der Waals surface area (Å²) in [5.74, 6) is -2.86. The van der Waals surface area contributed by atoms with Gasteiger partial charge in [0.05, 0.1) is 26.3 Å². The van der Waals surface area contributed by atoms with E-state index in [1.54, 1.807) is 13.8 Å². The van der Waals surface area contributed by atoms with E-state index in [9.17, 15) is 23.6 Å². The van der Waals surface area contributed by atoms with Crippen LogP contribution in [-0.2, 0) is 14.4 Å². The molecular formula is C23H24FN3O6. The van der Waals surface area contributed by atoms with Crippen molar-refractivity contribution >= 4 is 29.3 Å². The average Bonchev–Trinajstić information content (AvgIpc) is 3.10. The molecule has 1 saturated heterocycles. The zero-order valence-corrected chi connectivity index (χ0v) is 18.6. The number of hydrogen-bond donors (Lipinski definition) is 1. The zero-order valence-electron chi connectivity index (χ0n) is 18.6. The summed E-state index contributed by atoms with van der Waals surface area (Å²) < 4.78 is 23.6. The average molecular weight is 457 g/mol. The molecule has 1 aliphatic rings. The highest BCUT2D eigenvalue weighted by atomic mass is 19.1. The summed E-state index contributed by atoms with van der Waals surface area (Å²) in [5, 5.41) is 0.896. The Labute approximate surface area is 190 Å². The van der Waals surface area contributed by atoms with E-state index < -0.39 is 41.4 Å². The van der Waals surface area contributed by atoms with Crippen molar-refractivity contribution in [3.8, 4) is 11.5 Å². The molecule has 0 aromatic heterocycles. The van der Waals surface area contributed by atoms with Crippen LogP contribution in [0.1, 0.15) is 30.6 Å². The number of anilines is 1. The van der Waals surface area contributed by atoms with Gasteiger partial charge in [-0.2, -0.15) is 0 Å². The number of hydrogen-bond acceptors (Lipinski definition) is 6. The van der Waals surface area contributed by atoms with Crippen molar-refractivity contribution in [1.29, 1.82) is 0 Å². The lowest BCUT2D eigenvalue weighted by molar-refractivity contribution is -0.143. The van der Waals surface area contributed by atoms with Crippen LogP contribution in [0.4, 0.5) is 10.1 Å². The zero-order chi connectivity index (χ0) is 24.3. The second kappa shape index (κ2) is 9.68. The normalized spacial score (nSPS) is 15.6. The number of hydrazine groups is 1. The third-order valence-corrected chi connectivity index (χ3v) is 5.12. The van der Waals surface area contributed by atoms with E-state index in [1.165, 1.54) is 44.6 Å². The van der Waals surface area contributed by atoms with Crippen molar-refractivity contribution in [1.82, 2.24) is 10.4 Å². The molecule has 1 atom stereocenters. The number of methoxy groups -OCH3 is 2. The van der Waals surface area contributed by atoms with Crippen LogP contribution in [0.25, 0.3) is 0 Å². The highest BCUT2D eigenvalue weighted by Gasteiger charge is 2.45. The highest BCUT2D eigenvalue weighted by Crippen LogP contribution is 2.29. The topological polar surface area (TPSA) is 105 Å².